The fraction of sp³-hybridized carbons (Fsp3) is 0.286. The van der Waals surface area contributed by atoms with Crippen LogP contribution in [0.4, 0.5) is 0 Å². The normalized spacial score (nSPS) is 21.0. The van der Waals surface area contributed by atoms with E-state index in [1.54, 1.807) is 35.2 Å². The van der Waals surface area contributed by atoms with Crippen LogP contribution in [-0.2, 0) is 9.84 Å². The largest absolute Gasteiger partial charge is 0.448 e. The molecule has 0 aliphatic carbocycles. The maximum Gasteiger partial charge on any atom is 0.206 e. The third-order valence-corrected chi connectivity index (χ3v) is 5.96. The minimum absolute atomic E-state index is 0.215. The lowest BCUT2D eigenvalue weighted by atomic mass is 10.2. The highest BCUT2D eigenvalue weighted by Crippen LogP contribution is 2.36. The van der Waals surface area contributed by atoms with E-state index in [4.69, 9.17) is 4.42 Å². The Morgan fingerprint density at radius 3 is 2.90 bits per heavy atom. The first kappa shape index (κ1) is 12.6. The molecule has 108 valence electrons. The van der Waals surface area contributed by atoms with Crippen LogP contribution in [-0.4, -0.2) is 28.7 Å². The Bertz CT molecular complexity index is 897. The van der Waals surface area contributed by atoms with Gasteiger partial charge in [-0.2, -0.15) is 0 Å². The molecule has 3 aromatic heterocycles. The van der Waals surface area contributed by atoms with E-state index in [-0.39, 0.29) is 5.75 Å². The first-order chi connectivity index (χ1) is 10.2. The molecule has 1 aliphatic heterocycles. The van der Waals surface area contributed by atoms with Crippen LogP contribution in [0, 0.1) is 0 Å². The molecule has 0 spiro atoms. The molecular weight excluding hydrogens is 290 g/mol. The highest BCUT2D eigenvalue weighted by atomic mass is 32.2. The minimum atomic E-state index is -3.15. The summed E-state index contributed by atoms with van der Waals surface area (Å²) in [7, 11) is -3.15. The molecular formula is C14H13N3O3S. The van der Waals surface area contributed by atoms with Crippen LogP contribution in [0.3, 0.4) is 0 Å². The van der Waals surface area contributed by atoms with Crippen molar-refractivity contribution in [2.24, 2.45) is 0 Å². The molecule has 4 rings (SSSR count). The maximum absolute atomic E-state index is 12.3. The number of sulfone groups is 1. The Kier molecular flexibility index (Phi) is 2.65. The summed E-state index contributed by atoms with van der Waals surface area (Å²) in [5.41, 5.74) is 1.29. The van der Waals surface area contributed by atoms with Gasteiger partial charge in [-0.05, 0) is 31.0 Å². The zero-order valence-corrected chi connectivity index (χ0v) is 12.0. The van der Waals surface area contributed by atoms with Crippen molar-refractivity contribution in [2.75, 3.05) is 5.75 Å². The number of hydrogen-bond donors (Lipinski definition) is 0. The van der Waals surface area contributed by atoms with Gasteiger partial charge in [0, 0.05) is 12.3 Å². The van der Waals surface area contributed by atoms with Gasteiger partial charge in [0.2, 0.25) is 5.88 Å². The summed E-state index contributed by atoms with van der Waals surface area (Å²) in [4.78, 5) is 8.83. The third kappa shape index (κ3) is 1.88. The van der Waals surface area contributed by atoms with E-state index in [1.807, 2.05) is 6.07 Å². The number of rotatable bonds is 2. The quantitative estimate of drug-likeness (QED) is 0.725. The molecule has 4 heterocycles. The first-order valence-electron chi connectivity index (χ1n) is 6.75. The number of nitrogens with zero attached hydrogens (tertiary/aromatic N) is 3. The van der Waals surface area contributed by atoms with E-state index < -0.39 is 15.1 Å². The van der Waals surface area contributed by atoms with Crippen LogP contribution in [0.1, 0.15) is 23.9 Å². The van der Waals surface area contributed by atoms with E-state index in [0.29, 0.717) is 35.7 Å². The molecule has 0 bridgehead atoms. The van der Waals surface area contributed by atoms with Crippen molar-refractivity contribution >= 4 is 21.0 Å². The van der Waals surface area contributed by atoms with Crippen LogP contribution >= 0.6 is 0 Å². The summed E-state index contributed by atoms with van der Waals surface area (Å²) in [5, 5.41) is -0.586. The molecule has 3 aromatic rings. The van der Waals surface area contributed by atoms with Gasteiger partial charge in [0.05, 0.1) is 12.0 Å². The average Bonchev–Trinajstić information content (AvgIpc) is 3.14. The van der Waals surface area contributed by atoms with E-state index in [2.05, 4.69) is 9.97 Å². The second-order valence-electron chi connectivity index (χ2n) is 5.10. The standard InChI is InChI=1S/C14H13N3O3S/c18-21(19)9-3-5-11(21)14-16-10-4-1-7-15-13(10)17(14)12-6-2-8-20-12/h1-2,4,6-8,11H,3,5,9H2. The summed E-state index contributed by atoms with van der Waals surface area (Å²) in [5.74, 6) is 1.25. The lowest BCUT2D eigenvalue weighted by Crippen LogP contribution is -2.13. The molecule has 6 nitrogen and oxygen atoms in total. The summed E-state index contributed by atoms with van der Waals surface area (Å²) in [6, 6.07) is 7.15. The minimum Gasteiger partial charge on any atom is -0.448 e. The highest BCUT2D eigenvalue weighted by molar-refractivity contribution is 7.91. The fourth-order valence-electron chi connectivity index (χ4n) is 2.84. The summed E-state index contributed by atoms with van der Waals surface area (Å²) in [6.45, 7) is 0. The second-order valence-corrected chi connectivity index (χ2v) is 7.40. The molecule has 1 aliphatic rings. The molecule has 0 aromatic carbocycles. The van der Waals surface area contributed by atoms with E-state index in [9.17, 15) is 8.42 Å². The molecule has 0 N–H and O–H groups in total. The van der Waals surface area contributed by atoms with Gasteiger partial charge in [0.15, 0.2) is 15.5 Å². The number of hydrogen-bond acceptors (Lipinski definition) is 5. The number of furan rings is 1. The molecule has 0 amide bonds. The Hall–Kier alpha value is -2.15. The lowest BCUT2D eigenvalue weighted by molar-refractivity contribution is 0.531. The van der Waals surface area contributed by atoms with E-state index in [1.165, 1.54) is 0 Å². The van der Waals surface area contributed by atoms with Crippen LogP contribution in [0.15, 0.2) is 41.1 Å². The van der Waals surface area contributed by atoms with Crippen molar-refractivity contribution in [3.8, 4) is 5.88 Å². The predicted molar refractivity (Wildman–Crippen MR) is 76.9 cm³/mol. The molecule has 21 heavy (non-hydrogen) atoms. The molecule has 1 unspecified atom stereocenters. The Morgan fingerprint density at radius 1 is 1.29 bits per heavy atom. The van der Waals surface area contributed by atoms with Crippen LogP contribution < -0.4 is 0 Å². The van der Waals surface area contributed by atoms with Gasteiger partial charge < -0.3 is 4.42 Å². The molecule has 7 heteroatoms. The topological polar surface area (TPSA) is 78.0 Å². The van der Waals surface area contributed by atoms with Gasteiger partial charge in [-0.25, -0.2) is 23.0 Å². The molecule has 1 fully saturated rings. The predicted octanol–water partition coefficient (Wildman–Crippen LogP) is 2.26. The Balaban J connectivity index is 2.03. The van der Waals surface area contributed by atoms with Crippen molar-refractivity contribution < 1.29 is 12.8 Å². The number of pyridine rings is 1. The number of aromatic nitrogens is 3. The number of fused-ring (bicyclic) bond motifs is 1. The molecule has 1 saturated heterocycles. The zero-order chi connectivity index (χ0) is 14.4. The van der Waals surface area contributed by atoms with Crippen LogP contribution in [0.25, 0.3) is 17.0 Å². The van der Waals surface area contributed by atoms with Crippen molar-refractivity contribution in [3.05, 3.63) is 42.5 Å². The summed E-state index contributed by atoms with van der Waals surface area (Å²) >= 11 is 0. The van der Waals surface area contributed by atoms with E-state index in [0.717, 1.165) is 0 Å². The highest BCUT2D eigenvalue weighted by Gasteiger charge is 2.37. The number of imidazole rings is 1. The lowest BCUT2D eigenvalue weighted by Gasteiger charge is -2.10. The second kappa shape index (κ2) is 4.42. The van der Waals surface area contributed by atoms with Gasteiger partial charge in [-0.1, -0.05) is 0 Å². The monoisotopic (exact) mass is 303 g/mol. The molecule has 1 atom stereocenters. The smallest absolute Gasteiger partial charge is 0.206 e. The van der Waals surface area contributed by atoms with Crippen molar-refractivity contribution in [1.29, 1.82) is 0 Å². The van der Waals surface area contributed by atoms with Gasteiger partial charge in [-0.15, -0.1) is 0 Å². The first-order valence-corrected chi connectivity index (χ1v) is 8.47. The zero-order valence-electron chi connectivity index (χ0n) is 11.1. The maximum atomic E-state index is 12.3. The fourth-order valence-corrected chi connectivity index (χ4v) is 4.70. The molecule has 0 saturated carbocycles. The van der Waals surface area contributed by atoms with E-state index >= 15 is 0 Å². The van der Waals surface area contributed by atoms with Crippen molar-refractivity contribution in [2.45, 2.75) is 18.1 Å². The van der Waals surface area contributed by atoms with Gasteiger partial charge in [-0.3, -0.25) is 0 Å². The Labute approximate surface area is 121 Å². The van der Waals surface area contributed by atoms with Gasteiger partial charge in [0.25, 0.3) is 0 Å². The SMILES string of the molecule is O=S1(=O)CCCC1c1nc2cccnc2n1-c1ccco1. The van der Waals surface area contributed by atoms with Crippen LogP contribution in [0.2, 0.25) is 0 Å². The van der Waals surface area contributed by atoms with Crippen molar-refractivity contribution in [3.63, 3.8) is 0 Å². The average molecular weight is 303 g/mol. The molecule has 0 radical (unpaired) electrons. The van der Waals surface area contributed by atoms with Gasteiger partial charge in [0.1, 0.15) is 16.6 Å². The van der Waals surface area contributed by atoms with Crippen LogP contribution in [0.5, 0.6) is 0 Å². The summed E-state index contributed by atoms with van der Waals surface area (Å²) < 4.78 is 31.7. The van der Waals surface area contributed by atoms with Crippen molar-refractivity contribution in [1.82, 2.24) is 14.5 Å². The summed E-state index contributed by atoms with van der Waals surface area (Å²) in [6.07, 6.45) is 4.47. The van der Waals surface area contributed by atoms with Gasteiger partial charge >= 0.3 is 0 Å². The third-order valence-electron chi connectivity index (χ3n) is 3.79. The Morgan fingerprint density at radius 2 is 2.19 bits per heavy atom.